The molecule has 0 bridgehead atoms. The average Bonchev–Trinajstić information content (AvgIpc) is 3.03. The van der Waals surface area contributed by atoms with E-state index >= 15 is 0 Å². The SMILES string of the molecule is CC(C)COc1ccccc1CNc1nc2c(cnn2C(C)(C)C)c(=O)[nH]1. The van der Waals surface area contributed by atoms with Gasteiger partial charge in [-0.1, -0.05) is 32.0 Å². The lowest BCUT2D eigenvalue weighted by Crippen LogP contribution is -2.24. The zero-order chi connectivity index (χ0) is 19.6. The fourth-order valence-electron chi connectivity index (χ4n) is 2.72. The van der Waals surface area contributed by atoms with Crippen molar-refractivity contribution in [2.75, 3.05) is 11.9 Å². The van der Waals surface area contributed by atoms with E-state index in [9.17, 15) is 4.79 Å². The van der Waals surface area contributed by atoms with Crippen LogP contribution in [-0.2, 0) is 12.1 Å². The molecule has 0 atom stereocenters. The summed E-state index contributed by atoms with van der Waals surface area (Å²) in [6.45, 7) is 11.5. The van der Waals surface area contributed by atoms with Crippen LogP contribution in [0.2, 0.25) is 0 Å². The van der Waals surface area contributed by atoms with E-state index in [1.807, 2.05) is 45.0 Å². The van der Waals surface area contributed by atoms with E-state index in [1.165, 1.54) is 0 Å². The third kappa shape index (κ3) is 4.30. The lowest BCUT2D eigenvalue weighted by atomic mass is 10.1. The maximum Gasteiger partial charge on any atom is 0.263 e. The van der Waals surface area contributed by atoms with Crippen LogP contribution in [0.25, 0.3) is 11.0 Å². The first-order valence-electron chi connectivity index (χ1n) is 9.19. The fourth-order valence-corrected chi connectivity index (χ4v) is 2.72. The Labute approximate surface area is 158 Å². The minimum atomic E-state index is -0.267. The predicted molar refractivity (Wildman–Crippen MR) is 107 cm³/mol. The molecule has 7 nitrogen and oxygen atoms in total. The second-order valence-corrected chi connectivity index (χ2v) is 8.05. The van der Waals surface area contributed by atoms with Gasteiger partial charge in [0.1, 0.15) is 11.1 Å². The number of hydrogen-bond donors (Lipinski definition) is 2. The van der Waals surface area contributed by atoms with Crippen molar-refractivity contribution in [1.29, 1.82) is 0 Å². The number of para-hydroxylation sites is 1. The summed E-state index contributed by atoms with van der Waals surface area (Å²) in [7, 11) is 0. The second kappa shape index (κ2) is 7.42. The molecule has 0 radical (unpaired) electrons. The highest BCUT2D eigenvalue weighted by atomic mass is 16.5. The van der Waals surface area contributed by atoms with Crippen molar-refractivity contribution < 1.29 is 4.74 Å². The van der Waals surface area contributed by atoms with Gasteiger partial charge in [-0.2, -0.15) is 10.1 Å². The van der Waals surface area contributed by atoms with Crippen molar-refractivity contribution in [3.05, 3.63) is 46.4 Å². The molecule has 2 N–H and O–H groups in total. The Hall–Kier alpha value is -2.83. The number of ether oxygens (including phenoxy) is 1. The normalized spacial score (nSPS) is 11.9. The number of rotatable bonds is 6. The van der Waals surface area contributed by atoms with Crippen LogP contribution in [0, 0.1) is 5.92 Å². The molecule has 0 saturated carbocycles. The van der Waals surface area contributed by atoms with Gasteiger partial charge in [-0.25, -0.2) is 4.68 Å². The Kier molecular flexibility index (Phi) is 5.21. The summed E-state index contributed by atoms with van der Waals surface area (Å²) < 4.78 is 7.65. The van der Waals surface area contributed by atoms with Crippen LogP contribution in [0.15, 0.2) is 35.3 Å². The third-order valence-electron chi connectivity index (χ3n) is 4.06. The van der Waals surface area contributed by atoms with Gasteiger partial charge in [0.05, 0.1) is 18.3 Å². The Morgan fingerprint density at radius 1 is 1.26 bits per heavy atom. The lowest BCUT2D eigenvalue weighted by Gasteiger charge is -2.19. The predicted octanol–water partition coefficient (Wildman–Crippen LogP) is 3.52. The zero-order valence-corrected chi connectivity index (χ0v) is 16.5. The van der Waals surface area contributed by atoms with Gasteiger partial charge in [-0.15, -0.1) is 0 Å². The second-order valence-electron chi connectivity index (χ2n) is 8.05. The summed E-state index contributed by atoms with van der Waals surface area (Å²) in [6, 6.07) is 7.87. The molecule has 7 heteroatoms. The van der Waals surface area contributed by atoms with Crippen molar-refractivity contribution in [1.82, 2.24) is 19.7 Å². The standard InChI is InChI=1S/C20H27N5O2/c1-13(2)12-27-16-9-7-6-8-14(16)10-21-19-23-17-15(18(26)24-19)11-22-25(17)20(3,4)5/h6-9,11,13H,10,12H2,1-5H3,(H2,21,23,24,26). The number of hydrogen-bond acceptors (Lipinski definition) is 5. The van der Waals surface area contributed by atoms with Crippen molar-refractivity contribution in [2.45, 2.75) is 46.7 Å². The van der Waals surface area contributed by atoms with E-state index in [4.69, 9.17) is 4.74 Å². The van der Waals surface area contributed by atoms with Crippen molar-refractivity contribution in [3.63, 3.8) is 0 Å². The smallest absolute Gasteiger partial charge is 0.263 e. The Balaban J connectivity index is 1.85. The Morgan fingerprint density at radius 2 is 2.00 bits per heavy atom. The van der Waals surface area contributed by atoms with Gasteiger partial charge < -0.3 is 10.1 Å². The molecule has 3 rings (SSSR count). The highest BCUT2D eigenvalue weighted by Crippen LogP contribution is 2.21. The quantitative estimate of drug-likeness (QED) is 0.694. The van der Waals surface area contributed by atoms with E-state index in [0.29, 0.717) is 36.1 Å². The molecule has 0 aliphatic carbocycles. The number of aromatic amines is 1. The molecule has 0 unspecified atom stereocenters. The molecule has 0 spiro atoms. The van der Waals surface area contributed by atoms with E-state index in [2.05, 4.69) is 34.2 Å². The number of aromatic nitrogens is 4. The Bertz CT molecular complexity index is 982. The largest absolute Gasteiger partial charge is 0.493 e. The molecule has 1 aromatic carbocycles. The molecular formula is C20H27N5O2. The topological polar surface area (TPSA) is 84.8 Å². The first-order chi connectivity index (χ1) is 12.8. The number of nitrogens with zero attached hydrogens (tertiary/aromatic N) is 3. The summed E-state index contributed by atoms with van der Waals surface area (Å²) in [4.78, 5) is 19.7. The highest BCUT2D eigenvalue weighted by molar-refractivity contribution is 5.74. The molecule has 0 saturated heterocycles. The molecular weight excluding hydrogens is 342 g/mol. The van der Waals surface area contributed by atoms with Gasteiger partial charge in [0.25, 0.3) is 5.56 Å². The van der Waals surface area contributed by atoms with E-state index < -0.39 is 0 Å². The van der Waals surface area contributed by atoms with Gasteiger partial charge in [0.15, 0.2) is 5.65 Å². The molecule has 144 valence electrons. The van der Waals surface area contributed by atoms with Crippen LogP contribution < -0.4 is 15.6 Å². The minimum Gasteiger partial charge on any atom is -0.493 e. The van der Waals surface area contributed by atoms with Crippen LogP contribution in [0.4, 0.5) is 5.95 Å². The van der Waals surface area contributed by atoms with Crippen LogP contribution >= 0.6 is 0 Å². The maximum atomic E-state index is 12.4. The maximum absolute atomic E-state index is 12.4. The van der Waals surface area contributed by atoms with Gasteiger partial charge >= 0.3 is 0 Å². The van der Waals surface area contributed by atoms with Crippen molar-refractivity contribution in [2.24, 2.45) is 5.92 Å². The van der Waals surface area contributed by atoms with Gasteiger partial charge in [-0.3, -0.25) is 9.78 Å². The zero-order valence-electron chi connectivity index (χ0n) is 16.5. The van der Waals surface area contributed by atoms with Crippen LogP contribution in [0.5, 0.6) is 5.75 Å². The summed E-state index contributed by atoms with van der Waals surface area (Å²) in [5, 5.41) is 8.01. The van der Waals surface area contributed by atoms with Crippen LogP contribution in [-0.4, -0.2) is 26.4 Å². The molecule has 0 amide bonds. The average molecular weight is 369 g/mol. The first kappa shape index (κ1) is 18.9. The summed E-state index contributed by atoms with van der Waals surface area (Å²) in [5.74, 6) is 1.70. The number of H-pyrrole nitrogens is 1. The number of anilines is 1. The first-order valence-corrected chi connectivity index (χ1v) is 9.19. The number of benzene rings is 1. The molecule has 0 aliphatic rings. The van der Waals surface area contributed by atoms with Crippen LogP contribution in [0.3, 0.4) is 0 Å². The van der Waals surface area contributed by atoms with Gasteiger partial charge in [-0.05, 0) is 32.8 Å². The fraction of sp³-hybridized carbons (Fsp3) is 0.450. The van der Waals surface area contributed by atoms with E-state index in [1.54, 1.807) is 10.9 Å². The monoisotopic (exact) mass is 369 g/mol. The Morgan fingerprint density at radius 3 is 2.70 bits per heavy atom. The highest BCUT2D eigenvalue weighted by Gasteiger charge is 2.20. The molecule has 0 aliphatic heterocycles. The van der Waals surface area contributed by atoms with Gasteiger partial charge in [0, 0.05) is 12.1 Å². The third-order valence-corrected chi connectivity index (χ3v) is 4.06. The van der Waals surface area contributed by atoms with Crippen LogP contribution in [0.1, 0.15) is 40.2 Å². The molecule has 3 aromatic rings. The van der Waals surface area contributed by atoms with E-state index in [-0.39, 0.29) is 11.1 Å². The van der Waals surface area contributed by atoms with Gasteiger partial charge in [0.2, 0.25) is 5.95 Å². The minimum absolute atomic E-state index is 0.206. The summed E-state index contributed by atoms with van der Waals surface area (Å²) in [6.07, 6.45) is 1.56. The number of nitrogens with one attached hydrogen (secondary N) is 2. The molecule has 27 heavy (non-hydrogen) atoms. The molecule has 2 aromatic heterocycles. The van der Waals surface area contributed by atoms with Crippen molar-refractivity contribution in [3.8, 4) is 5.75 Å². The summed E-state index contributed by atoms with van der Waals surface area (Å²) in [5.41, 5.74) is 1.10. The van der Waals surface area contributed by atoms with Crippen molar-refractivity contribution >= 4 is 17.0 Å². The number of fused-ring (bicyclic) bond motifs is 1. The lowest BCUT2D eigenvalue weighted by molar-refractivity contribution is 0.269. The summed E-state index contributed by atoms with van der Waals surface area (Å²) >= 11 is 0. The van der Waals surface area contributed by atoms with E-state index in [0.717, 1.165) is 11.3 Å². The molecule has 2 heterocycles. The molecule has 0 fully saturated rings.